The molecule has 0 fully saturated rings. The van der Waals surface area contributed by atoms with E-state index in [2.05, 4.69) is 81.9 Å². The lowest BCUT2D eigenvalue weighted by Gasteiger charge is -2.37. The highest BCUT2D eigenvalue weighted by molar-refractivity contribution is 9.10. The lowest BCUT2D eigenvalue weighted by atomic mass is 9.77. The van der Waals surface area contributed by atoms with E-state index in [-0.39, 0.29) is 6.04 Å². The molecule has 0 amide bonds. The fourth-order valence-corrected chi connectivity index (χ4v) is 5.78. The van der Waals surface area contributed by atoms with Crippen LogP contribution in [0.1, 0.15) is 40.6 Å². The third-order valence-electron chi connectivity index (χ3n) is 7.16. The average Bonchev–Trinajstić information content (AvgIpc) is 3.43. The van der Waals surface area contributed by atoms with Crippen LogP contribution in [0.5, 0.6) is 5.75 Å². The monoisotopic (exact) mass is 568 g/mol. The molecule has 0 aromatic heterocycles. The first kappa shape index (κ1) is 24.0. The topological polar surface area (TPSA) is 33.6 Å². The van der Waals surface area contributed by atoms with Gasteiger partial charge in [0.25, 0.3) is 0 Å². The van der Waals surface area contributed by atoms with Crippen molar-refractivity contribution >= 4 is 45.1 Å². The van der Waals surface area contributed by atoms with Crippen molar-refractivity contribution in [3.05, 3.63) is 135 Å². The maximum Gasteiger partial charge on any atom is 0.128 e. The summed E-state index contributed by atoms with van der Waals surface area (Å²) in [5, 5.41) is 4.52. The van der Waals surface area contributed by atoms with Gasteiger partial charge < -0.3 is 10.1 Å². The maximum atomic E-state index is 6.10. The second kappa shape index (κ2) is 10.6. The highest BCUT2D eigenvalue weighted by Gasteiger charge is 2.37. The first-order valence-electron chi connectivity index (χ1n) is 12.5. The number of hydrogen-bond donors (Lipinski definition) is 1. The Balaban J connectivity index is 1.18. The number of anilines is 1. The molecule has 3 nitrogen and oxygen atoms in total. The molecule has 0 saturated heterocycles. The Labute approximate surface area is 231 Å². The molecule has 37 heavy (non-hydrogen) atoms. The molecule has 4 aromatic carbocycles. The summed E-state index contributed by atoms with van der Waals surface area (Å²) in [7, 11) is 0. The zero-order valence-electron chi connectivity index (χ0n) is 20.1. The summed E-state index contributed by atoms with van der Waals surface area (Å²) in [6.07, 6.45) is 7.66. The largest absolute Gasteiger partial charge is 0.488 e. The van der Waals surface area contributed by atoms with E-state index in [0.29, 0.717) is 18.4 Å². The molecule has 0 spiro atoms. The van der Waals surface area contributed by atoms with Crippen LogP contribution in [0.3, 0.4) is 0 Å². The SMILES string of the molecule is Clc1ccc(COc2ccc(Br)cc2C=Nc2ccc([C@@H]3Nc4ccccc4[C@H]4C=CC[C@H]43)cc2)cc1. The third kappa shape index (κ3) is 5.22. The van der Waals surface area contributed by atoms with E-state index in [1.807, 2.05) is 48.7 Å². The predicted octanol–water partition coefficient (Wildman–Crippen LogP) is 9.26. The number of para-hydroxylation sites is 1. The van der Waals surface area contributed by atoms with Crippen LogP contribution in [0.25, 0.3) is 0 Å². The van der Waals surface area contributed by atoms with E-state index < -0.39 is 0 Å². The number of allylic oxidation sites excluding steroid dienone is 2. The molecule has 1 aliphatic carbocycles. The van der Waals surface area contributed by atoms with Gasteiger partial charge in [0.1, 0.15) is 12.4 Å². The second-order valence-electron chi connectivity index (χ2n) is 9.51. The number of halogens is 2. The van der Waals surface area contributed by atoms with Crippen molar-refractivity contribution in [1.29, 1.82) is 0 Å². The van der Waals surface area contributed by atoms with Crippen molar-refractivity contribution in [1.82, 2.24) is 0 Å². The van der Waals surface area contributed by atoms with Gasteiger partial charge in [-0.25, -0.2) is 0 Å². The molecule has 5 heteroatoms. The van der Waals surface area contributed by atoms with Crippen LogP contribution >= 0.6 is 27.5 Å². The second-order valence-corrected chi connectivity index (χ2v) is 10.9. The first-order chi connectivity index (χ1) is 18.1. The average molecular weight is 570 g/mol. The molecule has 0 bridgehead atoms. The first-order valence-corrected chi connectivity index (χ1v) is 13.6. The highest BCUT2D eigenvalue weighted by atomic mass is 79.9. The third-order valence-corrected chi connectivity index (χ3v) is 7.90. The van der Waals surface area contributed by atoms with Gasteiger partial charge in [-0.2, -0.15) is 0 Å². The summed E-state index contributed by atoms with van der Waals surface area (Å²) in [4.78, 5) is 4.76. The van der Waals surface area contributed by atoms with Gasteiger partial charge in [0.15, 0.2) is 0 Å². The summed E-state index contributed by atoms with van der Waals surface area (Å²) in [6.45, 7) is 0.461. The number of benzene rings is 4. The summed E-state index contributed by atoms with van der Waals surface area (Å²) in [5.41, 5.74) is 6.82. The van der Waals surface area contributed by atoms with Crippen LogP contribution in [0, 0.1) is 5.92 Å². The van der Waals surface area contributed by atoms with Crippen LogP contribution in [0.2, 0.25) is 5.02 Å². The Hall–Kier alpha value is -3.34. The molecule has 1 heterocycles. The number of nitrogens with one attached hydrogen (secondary N) is 1. The fraction of sp³-hybridized carbons (Fsp3) is 0.156. The number of ether oxygens (including phenoxy) is 1. The van der Waals surface area contributed by atoms with E-state index in [4.69, 9.17) is 21.3 Å². The summed E-state index contributed by atoms with van der Waals surface area (Å²) >= 11 is 9.57. The van der Waals surface area contributed by atoms with E-state index in [0.717, 1.165) is 38.5 Å². The molecule has 1 N–H and O–H groups in total. The van der Waals surface area contributed by atoms with Crippen molar-refractivity contribution in [3.63, 3.8) is 0 Å². The number of nitrogens with zero attached hydrogens (tertiary/aromatic N) is 1. The Bertz CT molecular complexity index is 1460. The Morgan fingerprint density at radius 1 is 0.973 bits per heavy atom. The molecular formula is C32H26BrClN2O. The number of hydrogen-bond acceptors (Lipinski definition) is 3. The fourth-order valence-electron chi connectivity index (χ4n) is 5.28. The van der Waals surface area contributed by atoms with Crippen molar-refractivity contribution in [2.75, 3.05) is 5.32 Å². The van der Waals surface area contributed by atoms with Crippen LogP contribution in [-0.2, 0) is 6.61 Å². The van der Waals surface area contributed by atoms with Gasteiger partial charge in [-0.3, -0.25) is 4.99 Å². The molecule has 0 unspecified atom stereocenters. The number of fused-ring (bicyclic) bond motifs is 3. The van der Waals surface area contributed by atoms with Gasteiger partial charge in [0.2, 0.25) is 0 Å². The molecule has 6 rings (SSSR count). The Morgan fingerprint density at radius 3 is 2.62 bits per heavy atom. The Kier molecular flexibility index (Phi) is 6.86. The van der Waals surface area contributed by atoms with Crippen molar-refractivity contribution < 1.29 is 4.74 Å². The summed E-state index contributed by atoms with van der Waals surface area (Å²) in [6, 6.07) is 31.2. The highest BCUT2D eigenvalue weighted by Crippen LogP contribution is 2.49. The predicted molar refractivity (Wildman–Crippen MR) is 156 cm³/mol. The van der Waals surface area contributed by atoms with Crippen LogP contribution in [0.15, 0.2) is 113 Å². The van der Waals surface area contributed by atoms with Gasteiger partial charge >= 0.3 is 0 Å². The quantitative estimate of drug-likeness (QED) is 0.185. The molecule has 1 aliphatic heterocycles. The lowest BCUT2D eigenvalue weighted by molar-refractivity contribution is 0.306. The normalized spacial score (nSPS) is 19.9. The Morgan fingerprint density at radius 2 is 1.78 bits per heavy atom. The number of aliphatic imine (C=N–C) groups is 1. The van der Waals surface area contributed by atoms with E-state index in [1.54, 1.807) is 0 Å². The van der Waals surface area contributed by atoms with Gasteiger partial charge in [-0.15, -0.1) is 0 Å². The van der Waals surface area contributed by atoms with Crippen LogP contribution in [0.4, 0.5) is 11.4 Å². The van der Waals surface area contributed by atoms with E-state index in [9.17, 15) is 0 Å². The van der Waals surface area contributed by atoms with Crippen LogP contribution < -0.4 is 10.1 Å². The number of rotatable bonds is 6. The van der Waals surface area contributed by atoms with E-state index >= 15 is 0 Å². The zero-order valence-corrected chi connectivity index (χ0v) is 22.5. The van der Waals surface area contributed by atoms with Crippen molar-refractivity contribution in [2.24, 2.45) is 10.9 Å². The maximum absolute atomic E-state index is 6.10. The van der Waals surface area contributed by atoms with E-state index in [1.165, 1.54) is 16.8 Å². The standard InChI is InChI=1S/C32H26BrClN2O/c33-24-12-17-31(37-20-21-8-13-25(34)14-9-21)23(18-24)19-35-26-15-10-22(11-16-26)32-29-6-3-5-27(29)28-4-1-2-7-30(28)36-32/h1-5,7-19,27,29,32,36H,6,20H2/t27-,29-,32+/m1/s1. The minimum atomic E-state index is 0.283. The summed E-state index contributed by atoms with van der Waals surface area (Å²) in [5.74, 6) is 1.79. The lowest BCUT2D eigenvalue weighted by Crippen LogP contribution is -2.28. The molecule has 184 valence electrons. The zero-order chi connectivity index (χ0) is 25.2. The van der Waals surface area contributed by atoms with Gasteiger partial charge in [-0.1, -0.05) is 82.1 Å². The van der Waals surface area contributed by atoms with Gasteiger partial charge in [0, 0.05) is 32.9 Å². The van der Waals surface area contributed by atoms with Crippen LogP contribution in [-0.4, -0.2) is 6.21 Å². The minimum absolute atomic E-state index is 0.283. The molecular weight excluding hydrogens is 544 g/mol. The van der Waals surface area contributed by atoms with Crippen molar-refractivity contribution in [2.45, 2.75) is 25.0 Å². The van der Waals surface area contributed by atoms with Crippen molar-refractivity contribution in [3.8, 4) is 5.75 Å². The molecule has 0 radical (unpaired) electrons. The molecule has 4 aromatic rings. The van der Waals surface area contributed by atoms with Gasteiger partial charge in [-0.05, 0) is 77.6 Å². The molecule has 2 aliphatic rings. The molecule has 0 saturated carbocycles. The minimum Gasteiger partial charge on any atom is -0.488 e. The van der Waals surface area contributed by atoms with Gasteiger partial charge in [0.05, 0.1) is 11.7 Å². The molecule has 3 atom stereocenters. The summed E-state index contributed by atoms with van der Waals surface area (Å²) < 4.78 is 7.08. The smallest absolute Gasteiger partial charge is 0.128 e.